The number of amides is 4. The second-order valence-electron chi connectivity index (χ2n) is 11.5. The van der Waals surface area contributed by atoms with E-state index in [1.807, 2.05) is 89.8 Å². The lowest BCUT2D eigenvalue weighted by atomic mass is 10.0. The Balaban J connectivity index is 1.31. The van der Waals surface area contributed by atoms with E-state index in [1.165, 1.54) is 4.90 Å². The summed E-state index contributed by atoms with van der Waals surface area (Å²) in [5.41, 5.74) is 2.28. The van der Waals surface area contributed by atoms with Crippen molar-refractivity contribution in [3.8, 4) is 0 Å². The quantitative estimate of drug-likeness (QED) is 0.337. The van der Waals surface area contributed by atoms with Crippen molar-refractivity contribution in [3.63, 3.8) is 0 Å². The van der Waals surface area contributed by atoms with Crippen LogP contribution in [0.2, 0.25) is 5.02 Å². The standard InChI is InChI=1S/C33H35ClN4O4/c34-25-15-13-24(14-16-25)22-35(21-23-11-12-23)32(41)38-28-17-18-29(38)30(31(39)40)36(20-19-28)33(42)37(26-7-3-1-4-8-26)27-9-5-2-6-10-27/h1-10,13-16,23,28-30H,11-12,17-22H2,(H,39,40)/t28-,29+,30-/m0/s1. The van der Waals surface area contributed by atoms with Crippen molar-refractivity contribution >= 4 is 41.0 Å². The van der Waals surface area contributed by atoms with Gasteiger partial charge in [-0.25, -0.2) is 14.4 Å². The third kappa shape index (κ3) is 5.81. The number of likely N-dealkylation sites (tertiary alicyclic amines) is 1. The zero-order valence-corrected chi connectivity index (χ0v) is 24.1. The molecule has 218 valence electrons. The van der Waals surface area contributed by atoms with E-state index < -0.39 is 24.1 Å². The third-order valence-corrected chi connectivity index (χ3v) is 8.87. The van der Waals surface area contributed by atoms with E-state index in [1.54, 1.807) is 9.80 Å². The summed E-state index contributed by atoms with van der Waals surface area (Å²) in [7, 11) is 0. The number of carbonyl (C=O) groups is 3. The number of halogens is 1. The zero-order chi connectivity index (χ0) is 29.2. The Bertz CT molecular complexity index is 1380. The molecule has 0 spiro atoms. The summed E-state index contributed by atoms with van der Waals surface area (Å²) in [4.78, 5) is 48.3. The van der Waals surface area contributed by atoms with Crippen LogP contribution in [-0.2, 0) is 11.3 Å². The molecule has 1 aliphatic carbocycles. The molecule has 3 aromatic carbocycles. The van der Waals surface area contributed by atoms with Crippen LogP contribution < -0.4 is 4.90 Å². The van der Waals surface area contributed by atoms with E-state index in [9.17, 15) is 19.5 Å². The van der Waals surface area contributed by atoms with Crippen molar-refractivity contribution in [2.24, 2.45) is 5.92 Å². The van der Waals surface area contributed by atoms with E-state index in [-0.39, 0.29) is 18.6 Å². The first kappa shape index (κ1) is 28.1. The van der Waals surface area contributed by atoms with Gasteiger partial charge in [0, 0.05) is 30.7 Å². The molecule has 2 saturated heterocycles. The Kier molecular flexibility index (Phi) is 8.07. The van der Waals surface area contributed by atoms with Crippen molar-refractivity contribution in [3.05, 3.63) is 95.5 Å². The molecule has 3 aromatic rings. The van der Waals surface area contributed by atoms with Gasteiger partial charge in [-0.3, -0.25) is 4.90 Å². The summed E-state index contributed by atoms with van der Waals surface area (Å²) >= 11 is 6.10. The molecule has 42 heavy (non-hydrogen) atoms. The SMILES string of the molecule is O=C(O)[C@@H]1[C@H]2CC[C@@H](CCN1C(=O)N(c1ccccc1)c1ccccc1)N2C(=O)N(Cc1ccc(Cl)cc1)CC1CC1. The van der Waals surface area contributed by atoms with Crippen LogP contribution in [0.25, 0.3) is 0 Å². The first-order chi connectivity index (χ1) is 20.4. The normalized spacial score (nSPS) is 21.5. The number of benzene rings is 3. The van der Waals surface area contributed by atoms with E-state index >= 15 is 0 Å². The van der Waals surface area contributed by atoms with Crippen molar-refractivity contribution in [1.29, 1.82) is 0 Å². The monoisotopic (exact) mass is 586 g/mol. The number of carboxylic acids is 1. The third-order valence-electron chi connectivity index (χ3n) is 8.62. The van der Waals surface area contributed by atoms with E-state index in [0.717, 1.165) is 24.8 Å². The van der Waals surface area contributed by atoms with Gasteiger partial charge in [0.05, 0.1) is 17.4 Å². The Morgan fingerprint density at radius 1 is 0.786 bits per heavy atom. The summed E-state index contributed by atoms with van der Waals surface area (Å²) in [5, 5.41) is 11.2. The maximum Gasteiger partial charge on any atom is 0.329 e. The number of nitrogens with zero attached hydrogens (tertiary/aromatic N) is 4. The summed E-state index contributed by atoms with van der Waals surface area (Å²) in [6, 6.07) is 23.6. The number of fused-ring (bicyclic) bond motifs is 2. The lowest BCUT2D eigenvalue weighted by Gasteiger charge is -2.38. The summed E-state index contributed by atoms with van der Waals surface area (Å²) in [5.74, 6) is -0.634. The highest BCUT2D eigenvalue weighted by atomic mass is 35.5. The summed E-state index contributed by atoms with van der Waals surface area (Å²) < 4.78 is 0. The molecule has 0 radical (unpaired) electrons. The van der Waals surface area contributed by atoms with Crippen molar-refractivity contribution in [1.82, 2.24) is 14.7 Å². The molecule has 0 unspecified atom stereocenters. The first-order valence-corrected chi connectivity index (χ1v) is 15.0. The van der Waals surface area contributed by atoms with Gasteiger partial charge in [0.25, 0.3) is 0 Å². The molecule has 3 aliphatic rings. The van der Waals surface area contributed by atoms with E-state index in [4.69, 9.17) is 11.6 Å². The number of hydrogen-bond acceptors (Lipinski definition) is 3. The minimum atomic E-state index is -1.16. The molecule has 4 amide bonds. The van der Waals surface area contributed by atoms with Gasteiger partial charge in [-0.2, -0.15) is 0 Å². The van der Waals surface area contributed by atoms with Gasteiger partial charge >= 0.3 is 18.0 Å². The molecular weight excluding hydrogens is 552 g/mol. The van der Waals surface area contributed by atoms with Crippen LogP contribution in [0.4, 0.5) is 21.0 Å². The average Bonchev–Trinajstić information content (AvgIpc) is 3.75. The molecule has 2 aliphatic heterocycles. The molecular formula is C33H35ClN4O4. The molecule has 3 fully saturated rings. The van der Waals surface area contributed by atoms with Gasteiger partial charge in [-0.05, 0) is 80.0 Å². The van der Waals surface area contributed by atoms with Crippen LogP contribution in [0.1, 0.15) is 37.7 Å². The molecule has 6 rings (SSSR count). The Morgan fingerprint density at radius 2 is 1.40 bits per heavy atom. The molecule has 3 atom stereocenters. The molecule has 9 heteroatoms. The highest BCUT2D eigenvalue weighted by Crippen LogP contribution is 2.38. The van der Waals surface area contributed by atoms with Gasteiger partial charge in [-0.15, -0.1) is 0 Å². The topological polar surface area (TPSA) is 84.4 Å². The minimum absolute atomic E-state index is 0.129. The number of anilines is 2. The number of para-hydroxylation sites is 2. The number of hydrogen-bond donors (Lipinski definition) is 1. The molecule has 0 aromatic heterocycles. The zero-order valence-electron chi connectivity index (χ0n) is 23.4. The second-order valence-corrected chi connectivity index (χ2v) is 11.9. The first-order valence-electron chi connectivity index (χ1n) is 14.7. The fourth-order valence-corrected chi connectivity index (χ4v) is 6.53. The van der Waals surface area contributed by atoms with Crippen molar-refractivity contribution in [2.45, 2.75) is 56.8 Å². The minimum Gasteiger partial charge on any atom is -0.480 e. The lowest BCUT2D eigenvalue weighted by Crippen LogP contribution is -2.59. The number of rotatable bonds is 7. The Labute approximate surface area is 251 Å². The Morgan fingerprint density at radius 3 is 1.98 bits per heavy atom. The molecule has 2 heterocycles. The maximum absolute atomic E-state index is 14.3. The van der Waals surface area contributed by atoms with Crippen LogP contribution in [-0.4, -0.2) is 69.1 Å². The molecule has 1 N–H and O–H groups in total. The predicted octanol–water partition coefficient (Wildman–Crippen LogP) is 6.62. The summed E-state index contributed by atoms with van der Waals surface area (Å²) in [6.07, 6.45) is 3.96. The van der Waals surface area contributed by atoms with Gasteiger partial charge in [-0.1, -0.05) is 60.1 Å². The predicted molar refractivity (Wildman–Crippen MR) is 162 cm³/mol. The van der Waals surface area contributed by atoms with Crippen LogP contribution >= 0.6 is 11.6 Å². The lowest BCUT2D eigenvalue weighted by molar-refractivity contribution is -0.143. The van der Waals surface area contributed by atoms with Gasteiger partial charge in [0.15, 0.2) is 6.04 Å². The summed E-state index contributed by atoms with van der Waals surface area (Å²) in [6.45, 7) is 1.31. The van der Waals surface area contributed by atoms with Crippen LogP contribution in [0.3, 0.4) is 0 Å². The fourth-order valence-electron chi connectivity index (χ4n) is 6.40. The number of carbonyl (C=O) groups excluding carboxylic acids is 2. The maximum atomic E-state index is 14.3. The molecule has 1 saturated carbocycles. The molecule has 8 nitrogen and oxygen atoms in total. The van der Waals surface area contributed by atoms with Crippen molar-refractivity contribution in [2.75, 3.05) is 18.0 Å². The van der Waals surface area contributed by atoms with Crippen LogP contribution in [0, 0.1) is 5.92 Å². The number of carboxylic acid groups (broad SMARTS) is 1. The van der Waals surface area contributed by atoms with Crippen LogP contribution in [0.15, 0.2) is 84.9 Å². The largest absolute Gasteiger partial charge is 0.480 e. The smallest absolute Gasteiger partial charge is 0.329 e. The van der Waals surface area contributed by atoms with E-state index in [0.29, 0.717) is 48.2 Å². The average molecular weight is 587 g/mol. The Hall–Kier alpha value is -4.04. The van der Waals surface area contributed by atoms with Crippen LogP contribution in [0.5, 0.6) is 0 Å². The second kappa shape index (κ2) is 12.1. The fraction of sp³-hybridized carbons (Fsp3) is 0.364. The van der Waals surface area contributed by atoms with E-state index in [2.05, 4.69) is 0 Å². The van der Waals surface area contributed by atoms with Gasteiger partial charge in [0.2, 0.25) is 0 Å². The van der Waals surface area contributed by atoms with Gasteiger partial charge in [0.1, 0.15) is 0 Å². The van der Waals surface area contributed by atoms with Crippen molar-refractivity contribution < 1.29 is 19.5 Å². The highest BCUT2D eigenvalue weighted by Gasteiger charge is 2.51. The molecule has 2 bridgehead atoms. The number of urea groups is 2. The van der Waals surface area contributed by atoms with Gasteiger partial charge < -0.3 is 19.8 Å². The number of aliphatic carboxylic acids is 1. The highest BCUT2D eigenvalue weighted by molar-refractivity contribution is 6.30.